The summed E-state index contributed by atoms with van der Waals surface area (Å²) >= 11 is 6.01. The van der Waals surface area contributed by atoms with Crippen molar-refractivity contribution in [2.45, 2.75) is 20.3 Å². The Hall–Kier alpha value is -1.29. The van der Waals surface area contributed by atoms with Crippen LogP contribution in [0, 0.1) is 24.4 Å². The van der Waals surface area contributed by atoms with E-state index in [1.165, 1.54) is 0 Å². The quantitative estimate of drug-likeness (QED) is 0.700. The second kappa shape index (κ2) is 4.18. The Bertz CT molecular complexity index is 611. The van der Waals surface area contributed by atoms with Crippen molar-refractivity contribution in [1.82, 2.24) is 4.98 Å². The van der Waals surface area contributed by atoms with Crippen molar-refractivity contribution >= 4 is 22.5 Å². The van der Waals surface area contributed by atoms with Crippen LogP contribution in [-0.4, -0.2) is 4.98 Å². The van der Waals surface area contributed by atoms with Gasteiger partial charge in [0.05, 0.1) is 5.02 Å². The topological polar surface area (TPSA) is 12.9 Å². The Kier molecular flexibility index (Phi) is 3.00. The van der Waals surface area contributed by atoms with Gasteiger partial charge in [0.25, 0.3) is 0 Å². The van der Waals surface area contributed by atoms with Gasteiger partial charge in [-0.05, 0) is 25.0 Å². The van der Waals surface area contributed by atoms with Gasteiger partial charge in [-0.15, -0.1) is 0 Å². The zero-order valence-electron chi connectivity index (χ0n) is 9.24. The fraction of sp³-hybridized carbons (Fsp3) is 0.250. The number of benzene rings is 1. The molecule has 0 unspecified atom stereocenters. The number of rotatable bonds is 1. The predicted molar refractivity (Wildman–Crippen MR) is 60.7 cm³/mol. The van der Waals surface area contributed by atoms with E-state index < -0.39 is 17.5 Å². The maximum Gasteiger partial charge on any atom is 0.196 e. The van der Waals surface area contributed by atoms with Crippen LogP contribution in [0.3, 0.4) is 0 Å². The Morgan fingerprint density at radius 2 is 1.88 bits per heavy atom. The number of hydrogen-bond donors (Lipinski definition) is 0. The van der Waals surface area contributed by atoms with E-state index in [1.54, 1.807) is 6.92 Å². The molecule has 0 aliphatic carbocycles. The van der Waals surface area contributed by atoms with Crippen molar-refractivity contribution < 1.29 is 13.2 Å². The highest BCUT2D eigenvalue weighted by atomic mass is 35.5. The molecule has 0 saturated carbocycles. The Morgan fingerprint density at radius 1 is 1.24 bits per heavy atom. The van der Waals surface area contributed by atoms with Gasteiger partial charge in [0.1, 0.15) is 5.52 Å². The SMILES string of the molecule is CCc1nc2c(F)c(F)c(F)cc2c(Cl)c1C. The van der Waals surface area contributed by atoms with Gasteiger partial charge >= 0.3 is 0 Å². The maximum atomic E-state index is 13.6. The zero-order valence-corrected chi connectivity index (χ0v) is 10.00. The fourth-order valence-corrected chi connectivity index (χ4v) is 2.01. The summed E-state index contributed by atoms with van der Waals surface area (Å²) in [5, 5.41) is 0.308. The lowest BCUT2D eigenvalue weighted by Crippen LogP contribution is -2.00. The number of pyridine rings is 1. The molecule has 1 nitrogen and oxygen atoms in total. The van der Waals surface area contributed by atoms with Crippen molar-refractivity contribution in [2.75, 3.05) is 0 Å². The van der Waals surface area contributed by atoms with E-state index in [0.717, 1.165) is 6.07 Å². The van der Waals surface area contributed by atoms with Gasteiger partial charge in [-0.2, -0.15) is 0 Å². The molecular formula is C12H9ClF3N. The molecule has 17 heavy (non-hydrogen) atoms. The van der Waals surface area contributed by atoms with Crippen LogP contribution in [0.2, 0.25) is 5.02 Å². The molecule has 1 aromatic heterocycles. The van der Waals surface area contributed by atoms with Gasteiger partial charge in [-0.1, -0.05) is 18.5 Å². The first kappa shape index (κ1) is 12.2. The first-order valence-electron chi connectivity index (χ1n) is 5.09. The molecule has 90 valence electrons. The lowest BCUT2D eigenvalue weighted by molar-refractivity contribution is 0.452. The lowest BCUT2D eigenvalue weighted by Gasteiger charge is -2.10. The highest BCUT2D eigenvalue weighted by Crippen LogP contribution is 2.31. The molecule has 0 aliphatic heterocycles. The lowest BCUT2D eigenvalue weighted by atomic mass is 10.1. The average molecular weight is 260 g/mol. The summed E-state index contributed by atoms with van der Waals surface area (Å²) in [4.78, 5) is 3.99. The molecule has 0 radical (unpaired) electrons. The molecular weight excluding hydrogens is 251 g/mol. The first-order chi connectivity index (χ1) is 7.97. The van der Waals surface area contributed by atoms with Crippen LogP contribution in [0.5, 0.6) is 0 Å². The summed E-state index contributed by atoms with van der Waals surface area (Å²) in [6, 6.07) is 0.871. The Labute approximate surface area is 101 Å². The molecule has 0 amide bonds. The zero-order chi connectivity index (χ0) is 12.7. The smallest absolute Gasteiger partial charge is 0.196 e. The maximum absolute atomic E-state index is 13.6. The predicted octanol–water partition coefficient (Wildman–Crippen LogP) is 4.18. The minimum Gasteiger partial charge on any atom is -0.249 e. The van der Waals surface area contributed by atoms with Crippen molar-refractivity contribution in [3.05, 3.63) is 39.8 Å². The van der Waals surface area contributed by atoms with Crippen molar-refractivity contribution in [2.24, 2.45) is 0 Å². The number of aryl methyl sites for hydroxylation is 1. The van der Waals surface area contributed by atoms with Crippen molar-refractivity contribution in [1.29, 1.82) is 0 Å². The molecule has 1 aromatic carbocycles. The van der Waals surface area contributed by atoms with Crippen molar-refractivity contribution in [3.63, 3.8) is 0 Å². The normalized spacial score (nSPS) is 11.2. The minimum absolute atomic E-state index is 0.0952. The van der Waals surface area contributed by atoms with Gasteiger partial charge in [-0.25, -0.2) is 18.2 Å². The minimum atomic E-state index is -1.52. The second-order valence-corrected chi connectivity index (χ2v) is 4.11. The third-order valence-corrected chi connectivity index (χ3v) is 3.20. The van der Waals surface area contributed by atoms with E-state index >= 15 is 0 Å². The number of aromatic nitrogens is 1. The highest BCUT2D eigenvalue weighted by Gasteiger charge is 2.18. The van der Waals surface area contributed by atoms with E-state index in [4.69, 9.17) is 11.6 Å². The molecule has 5 heteroatoms. The van der Waals surface area contributed by atoms with Crippen LogP contribution in [0.4, 0.5) is 13.2 Å². The van der Waals surface area contributed by atoms with E-state index in [-0.39, 0.29) is 15.9 Å². The number of fused-ring (bicyclic) bond motifs is 1. The molecule has 0 N–H and O–H groups in total. The van der Waals surface area contributed by atoms with Crippen LogP contribution in [-0.2, 0) is 6.42 Å². The summed E-state index contributed by atoms with van der Waals surface area (Å²) in [6.45, 7) is 3.54. The van der Waals surface area contributed by atoms with Gasteiger partial charge in [-0.3, -0.25) is 0 Å². The Balaban J connectivity index is 2.97. The molecule has 2 rings (SSSR count). The van der Waals surface area contributed by atoms with Gasteiger partial charge in [0, 0.05) is 11.1 Å². The molecule has 0 fully saturated rings. The van der Waals surface area contributed by atoms with Crippen LogP contribution in [0.25, 0.3) is 10.9 Å². The van der Waals surface area contributed by atoms with E-state index in [2.05, 4.69) is 4.98 Å². The third-order valence-electron chi connectivity index (χ3n) is 2.72. The van der Waals surface area contributed by atoms with Crippen LogP contribution in [0.1, 0.15) is 18.2 Å². The molecule has 0 atom stereocenters. The summed E-state index contributed by atoms with van der Waals surface area (Å²) in [7, 11) is 0. The van der Waals surface area contributed by atoms with E-state index in [9.17, 15) is 13.2 Å². The number of nitrogens with zero attached hydrogens (tertiary/aromatic N) is 1. The van der Waals surface area contributed by atoms with Gasteiger partial charge in [0.15, 0.2) is 17.5 Å². The van der Waals surface area contributed by atoms with Gasteiger partial charge in [0.2, 0.25) is 0 Å². The standard InChI is InChI=1S/C12H9ClF3N/c1-3-8-5(2)9(13)6-4-7(14)10(15)11(16)12(6)17-8/h4H,3H2,1-2H3. The van der Waals surface area contributed by atoms with Gasteiger partial charge < -0.3 is 0 Å². The average Bonchev–Trinajstić information content (AvgIpc) is 2.32. The summed E-state index contributed by atoms with van der Waals surface area (Å²) < 4.78 is 39.7. The highest BCUT2D eigenvalue weighted by molar-refractivity contribution is 6.36. The number of halogens is 4. The monoisotopic (exact) mass is 259 g/mol. The summed E-state index contributed by atoms with van der Waals surface area (Å²) in [5.74, 6) is -4.08. The van der Waals surface area contributed by atoms with Crippen LogP contribution >= 0.6 is 11.6 Å². The molecule has 2 aromatic rings. The fourth-order valence-electron chi connectivity index (χ4n) is 1.75. The number of hydrogen-bond acceptors (Lipinski definition) is 1. The molecule has 0 saturated heterocycles. The summed E-state index contributed by atoms with van der Waals surface area (Å²) in [5.41, 5.74) is 1.01. The molecule has 0 bridgehead atoms. The third kappa shape index (κ3) is 1.76. The van der Waals surface area contributed by atoms with Crippen LogP contribution in [0.15, 0.2) is 6.07 Å². The summed E-state index contributed by atoms with van der Waals surface area (Å²) in [6.07, 6.45) is 0.542. The first-order valence-corrected chi connectivity index (χ1v) is 5.47. The van der Waals surface area contributed by atoms with Crippen LogP contribution < -0.4 is 0 Å². The van der Waals surface area contributed by atoms with E-state index in [1.807, 2.05) is 6.92 Å². The second-order valence-electron chi connectivity index (χ2n) is 3.73. The molecule has 0 spiro atoms. The van der Waals surface area contributed by atoms with E-state index in [0.29, 0.717) is 17.7 Å². The molecule has 0 aliphatic rings. The molecule has 1 heterocycles. The largest absolute Gasteiger partial charge is 0.249 e. The van der Waals surface area contributed by atoms with Crippen molar-refractivity contribution in [3.8, 4) is 0 Å². The Morgan fingerprint density at radius 3 is 2.47 bits per heavy atom.